The molecule has 16 aromatic rings. The second-order valence-electron chi connectivity index (χ2n) is 21.1. The highest BCUT2D eigenvalue weighted by Gasteiger charge is 2.28. The summed E-state index contributed by atoms with van der Waals surface area (Å²) in [6, 6.07) is 92.7. The fourth-order valence-corrected chi connectivity index (χ4v) is 13.9. The fraction of sp³-hybridized carbons (Fsp3) is 0. The van der Waals surface area contributed by atoms with Gasteiger partial charge in [0, 0.05) is 32.8 Å². The van der Waals surface area contributed by atoms with Crippen molar-refractivity contribution >= 4 is 97.6 Å². The van der Waals surface area contributed by atoms with Gasteiger partial charge in [0.25, 0.3) is 0 Å². The van der Waals surface area contributed by atoms with E-state index in [9.17, 15) is 0 Å². The molecule has 0 unspecified atom stereocenters. The van der Waals surface area contributed by atoms with E-state index in [1.54, 1.807) is 0 Å². The maximum Gasteiger partial charge on any atom is 0.143 e. The van der Waals surface area contributed by atoms with Crippen LogP contribution in [0.1, 0.15) is 0 Å². The molecule has 348 valence electrons. The van der Waals surface area contributed by atoms with Crippen molar-refractivity contribution < 1.29 is 4.42 Å². The molecule has 2 aliphatic carbocycles. The molecule has 2 heteroatoms. The molecular formula is C74H41NO. The topological polar surface area (TPSA) is 18.1 Å². The summed E-state index contributed by atoms with van der Waals surface area (Å²) in [6.45, 7) is 0. The van der Waals surface area contributed by atoms with Gasteiger partial charge >= 0.3 is 0 Å². The van der Waals surface area contributed by atoms with E-state index in [1.807, 2.05) is 0 Å². The Labute approximate surface area is 436 Å². The van der Waals surface area contributed by atoms with E-state index in [2.05, 4.69) is 253 Å². The van der Waals surface area contributed by atoms with E-state index in [0.29, 0.717) is 0 Å². The summed E-state index contributed by atoms with van der Waals surface area (Å²) in [4.78, 5) is 0. The molecule has 0 saturated heterocycles. The van der Waals surface area contributed by atoms with Crippen LogP contribution in [0.3, 0.4) is 0 Å². The first kappa shape index (κ1) is 40.5. The van der Waals surface area contributed by atoms with Crippen LogP contribution in [0.15, 0.2) is 253 Å². The molecule has 2 aliphatic rings. The first-order valence-electron chi connectivity index (χ1n) is 26.4. The van der Waals surface area contributed by atoms with Crippen LogP contribution in [-0.4, -0.2) is 4.57 Å². The largest absolute Gasteiger partial charge is 0.455 e. The molecule has 2 heterocycles. The molecule has 0 atom stereocenters. The van der Waals surface area contributed by atoms with Crippen molar-refractivity contribution in [2.75, 3.05) is 0 Å². The predicted octanol–water partition coefficient (Wildman–Crippen LogP) is 20.7. The maximum atomic E-state index is 6.99. The van der Waals surface area contributed by atoms with Crippen molar-refractivity contribution in [3.05, 3.63) is 249 Å². The molecule has 2 aromatic heterocycles. The SMILES string of the molecule is c1ccc(-n2c3ccc4ccccc4c3c3c4ccc(-c5cc6c7c(cccc7c5)-c5c(-c7cccc8c7oc7cc9ccc(-c%10cc%11c%12c(cccc%12c%10)-c%10ccccc%10-%11)cc9cc78)cccc5-6)cc4ccc32)cc1. The van der Waals surface area contributed by atoms with E-state index >= 15 is 0 Å². The number of hydrogen-bond donors (Lipinski definition) is 0. The van der Waals surface area contributed by atoms with Gasteiger partial charge in [0.2, 0.25) is 0 Å². The summed E-state index contributed by atoms with van der Waals surface area (Å²) in [6.07, 6.45) is 0. The van der Waals surface area contributed by atoms with Gasteiger partial charge in [0.05, 0.1) is 11.0 Å². The van der Waals surface area contributed by atoms with Crippen LogP contribution in [0, 0.1) is 0 Å². The van der Waals surface area contributed by atoms with Crippen molar-refractivity contribution in [1.82, 2.24) is 4.57 Å². The molecule has 2 nitrogen and oxygen atoms in total. The highest BCUT2D eigenvalue weighted by Crippen LogP contribution is 2.54. The van der Waals surface area contributed by atoms with Gasteiger partial charge in [-0.05, 0) is 199 Å². The molecule has 0 spiro atoms. The first-order valence-corrected chi connectivity index (χ1v) is 26.4. The van der Waals surface area contributed by atoms with E-state index in [1.165, 1.54) is 148 Å². The smallest absolute Gasteiger partial charge is 0.143 e. The van der Waals surface area contributed by atoms with Crippen LogP contribution in [0.25, 0.3) is 181 Å². The molecule has 0 fully saturated rings. The molecule has 0 saturated carbocycles. The van der Waals surface area contributed by atoms with Gasteiger partial charge in [-0.15, -0.1) is 0 Å². The van der Waals surface area contributed by atoms with Crippen molar-refractivity contribution in [2.45, 2.75) is 0 Å². The van der Waals surface area contributed by atoms with Gasteiger partial charge in [-0.1, -0.05) is 176 Å². The van der Waals surface area contributed by atoms with Crippen LogP contribution in [0.4, 0.5) is 0 Å². The van der Waals surface area contributed by atoms with Crippen molar-refractivity contribution in [3.8, 4) is 83.6 Å². The van der Waals surface area contributed by atoms with Gasteiger partial charge in [-0.2, -0.15) is 0 Å². The lowest BCUT2D eigenvalue weighted by molar-refractivity contribution is 0.670. The zero-order valence-electron chi connectivity index (χ0n) is 41.0. The van der Waals surface area contributed by atoms with Gasteiger partial charge in [0.15, 0.2) is 0 Å². The van der Waals surface area contributed by atoms with Gasteiger partial charge < -0.3 is 8.98 Å². The molecular weight excluding hydrogens is 919 g/mol. The first-order chi connectivity index (χ1) is 37.7. The Morgan fingerprint density at radius 2 is 0.776 bits per heavy atom. The molecule has 76 heavy (non-hydrogen) atoms. The lowest BCUT2D eigenvalue weighted by Crippen LogP contribution is -1.93. The standard InChI is InChI=1S/C74H41NO/c1-2-15-52(16-3-1)75-66-32-29-42-12-4-5-17-53(42)72(66)73-54-31-28-44(34-46(54)30-33-67(73)75)51-37-48-14-9-25-62-70(48)65(40-51)59-22-10-21-58(71(59)62)60-23-11-24-61-63-38-49-35-43(26-27-45(49)41-68(63)76-74(60)61)50-36-47-13-8-20-57-55-18-6-7-19-56(55)64(39-50)69(47)57/h1-41H. The average molecular weight is 960 g/mol. The predicted molar refractivity (Wildman–Crippen MR) is 321 cm³/mol. The summed E-state index contributed by atoms with van der Waals surface area (Å²) in [5.41, 5.74) is 22.9. The molecule has 18 rings (SSSR count). The van der Waals surface area contributed by atoms with E-state index < -0.39 is 0 Å². The van der Waals surface area contributed by atoms with Crippen LogP contribution in [0.5, 0.6) is 0 Å². The highest BCUT2D eigenvalue weighted by molar-refractivity contribution is 6.29. The normalized spacial score (nSPS) is 12.5. The van der Waals surface area contributed by atoms with E-state index in [0.717, 1.165) is 32.9 Å². The highest BCUT2D eigenvalue weighted by atomic mass is 16.3. The minimum absolute atomic E-state index is 0.903. The Hall–Kier alpha value is -10.0. The maximum absolute atomic E-state index is 6.99. The van der Waals surface area contributed by atoms with Crippen LogP contribution < -0.4 is 0 Å². The van der Waals surface area contributed by atoms with Crippen LogP contribution >= 0.6 is 0 Å². The summed E-state index contributed by atoms with van der Waals surface area (Å²) >= 11 is 0. The number of fused-ring (bicyclic) bond motifs is 17. The van der Waals surface area contributed by atoms with Gasteiger partial charge in [0.1, 0.15) is 11.2 Å². The number of benzene rings is 14. The second kappa shape index (κ2) is 14.8. The minimum atomic E-state index is 0.903. The van der Waals surface area contributed by atoms with Crippen LogP contribution in [0.2, 0.25) is 0 Å². The number of aromatic nitrogens is 1. The molecule has 0 N–H and O–H groups in total. The Bertz CT molecular complexity index is 5280. The van der Waals surface area contributed by atoms with E-state index in [4.69, 9.17) is 4.42 Å². The third-order valence-electron chi connectivity index (χ3n) is 17.1. The second-order valence-corrected chi connectivity index (χ2v) is 21.1. The van der Waals surface area contributed by atoms with Crippen molar-refractivity contribution in [1.29, 1.82) is 0 Å². The van der Waals surface area contributed by atoms with Gasteiger partial charge in [-0.25, -0.2) is 0 Å². The fourth-order valence-electron chi connectivity index (χ4n) is 13.9. The Morgan fingerprint density at radius 1 is 0.250 bits per heavy atom. The molecule has 0 radical (unpaired) electrons. The summed E-state index contributed by atoms with van der Waals surface area (Å²) in [5.74, 6) is 0. The number of hydrogen-bond acceptors (Lipinski definition) is 1. The molecule has 0 bridgehead atoms. The van der Waals surface area contributed by atoms with Crippen molar-refractivity contribution in [3.63, 3.8) is 0 Å². The zero-order chi connectivity index (χ0) is 49.3. The Kier molecular flexibility index (Phi) is 7.89. The zero-order valence-corrected chi connectivity index (χ0v) is 41.0. The average Bonchev–Trinajstić information content (AvgIpc) is 4.23. The number of para-hydroxylation sites is 2. The lowest BCUT2D eigenvalue weighted by atomic mass is 9.92. The Morgan fingerprint density at radius 3 is 1.58 bits per heavy atom. The van der Waals surface area contributed by atoms with Gasteiger partial charge in [-0.3, -0.25) is 0 Å². The molecule has 0 aliphatic heterocycles. The summed E-state index contributed by atoms with van der Waals surface area (Å²) in [7, 11) is 0. The lowest BCUT2D eigenvalue weighted by Gasteiger charge is -2.11. The third-order valence-corrected chi connectivity index (χ3v) is 17.1. The minimum Gasteiger partial charge on any atom is -0.455 e. The summed E-state index contributed by atoms with van der Waals surface area (Å²) in [5, 5.41) is 17.4. The number of nitrogens with zero attached hydrogens (tertiary/aromatic N) is 1. The van der Waals surface area contributed by atoms with E-state index in [-0.39, 0.29) is 0 Å². The van der Waals surface area contributed by atoms with Crippen LogP contribution in [-0.2, 0) is 0 Å². The quantitative estimate of drug-likeness (QED) is 0.172. The number of furan rings is 1. The molecule has 14 aromatic carbocycles. The number of rotatable bonds is 4. The Balaban J connectivity index is 0.756. The van der Waals surface area contributed by atoms with Crippen molar-refractivity contribution in [2.24, 2.45) is 0 Å². The monoisotopic (exact) mass is 959 g/mol. The summed E-state index contributed by atoms with van der Waals surface area (Å²) < 4.78 is 9.43. The third kappa shape index (κ3) is 5.44. The molecule has 0 amide bonds.